The zero-order chi connectivity index (χ0) is 15.7. The summed E-state index contributed by atoms with van der Waals surface area (Å²) >= 11 is 0. The summed E-state index contributed by atoms with van der Waals surface area (Å²) in [5, 5.41) is 13.5. The Morgan fingerprint density at radius 1 is 1.45 bits per heavy atom. The molecule has 3 heterocycles. The smallest absolute Gasteiger partial charge is 0.316 e. The highest BCUT2D eigenvalue weighted by molar-refractivity contribution is 5.98. The predicted octanol–water partition coefficient (Wildman–Crippen LogP) is 1.35. The zero-order valence-electron chi connectivity index (χ0n) is 11.7. The third-order valence-electron chi connectivity index (χ3n) is 3.44. The van der Waals surface area contributed by atoms with E-state index in [1.807, 2.05) is 0 Å². The van der Waals surface area contributed by atoms with Gasteiger partial charge in [0, 0.05) is 19.7 Å². The summed E-state index contributed by atoms with van der Waals surface area (Å²) in [5.74, 6) is -0.281. The van der Waals surface area contributed by atoms with Gasteiger partial charge < -0.3 is 9.73 Å². The van der Waals surface area contributed by atoms with Crippen LogP contribution < -0.4 is 10.2 Å². The van der Waals surface area contributed by atoms with Gasteiger partial charge in [-0.3, -0.25) is 14.4 Å². The Balaban J connectivity index is 1.74. The minimum Gasteiger partial charge on any atom is -0.402 e. The quantitative estimate of drug-likeness (QED) is 0.916. The maximum Gasteiger partial charge on any atom is 0.316 e. The maximum atomic E-state index is 12.5. The molecule has 0 radical (unpaired) electrons. The van der Waals surface area contributed by atoms with Crippen molar-refractivity contribution in [2.24, 2.45) is 7.05 Å². The van der Waals surface area contributed by atoms with Gasteiger partial charge in [0.05, 0.1) is 6.20 Å². The normalized spacial score (nSPS) is 19.0. The van der Waals surface area contributed by atoms with Gasteiger partial charge in [-0.05, 0) is 12.8 Å². The average molecular weight is 312 g/mol. The molecule has 10 heteroatoms. The topological polar surface area (TPSA) is 89.1 Å². The van der Waals surface area contributed by atoms with Gasteiger partial charge in [-0.15, -0.1) is 5.10 Å². The molecule has 2 aromatic heterocycles. The zero-order valence-corrected chi connectivity index (χ0v) is 11.7. The molecular weight excluding hydrogens is 298 g/mol. The first-order valence-corrected chi connectivity index (χ1v) is 6.73. The average Bonchev–Trinajstić information content (AvgIpc) is 3.10. The lowest BCUT2D eigenvalue weighted by atomic mass is 10.1. The molecule has 22 heavy (non-hydrogen) atoms. The van der Waals surface area contributed by atoms with Crippen LogP contribution in [0.5, 0.6) is 0 Å². The number of amides is 1. The molecule has 3 rings (SSSR count). The number of nitrogens with one attached hydrogen (secondary N) is 1. The molecule has 118 valence electrons. The highest BCUT2D eigenvalue weighted by atomic mass is 19.3. The summed E-state index contributed by atoms with van der Waals surface area (Å²) in [7, 11) is 1.74. The molecule has 1 saturated heterocycles. The van der Waals surface area contributed by atoms with Crippen LogP contribution in [0.1, 0.15) is 25.2 Å². The fraction of sp³-hybridized carbons (Fsp3) is 0.500. The number of alkyl halides is 2. The van der Waals surface area contributed by atoms with E-state index >= 15 is 0 Å². The number of aryl methyl sites for hydroxylation is 1. The van der Waals surface area contributed by atoms with Crippen LogP contribution in [0.25, 0.3) is 0 Å². The molecule has 0 bridgehead atoms. The molecule has 1 aliphatic rings. The Labute approximate surface area is 124 Å². The largest absolute Gasteiger partial charge is 0.402 e. The number of halogens is 2. The molecular formula is C12H14F2N6O2. The number of hydrogen-bond donors (Lipinski definition) is 1. The highest BCUT2D eigenvalue weighted by Gasteiger charge is 2.32. The SMILES string of the molecule is Cn1nccc1N1CCCC(Nc2nnc(C(F)F)o2)C1=O. The van der Waals surface area contributed by atoms with Crippen molar-refractivity contribution in [2.45, 2.75) is 25.3 Å². The van der Waals surface area contributed by atoms with Crippen LogP contribution in [0, 0.1) is 0 Å². The van der Waals surface area contributed by atoms with Crippen LogP contribution in [-0.4, -0.2) is 38.5 Å². The molecule has 0 spiro atoms. The van der Waals surface area contributed by atoms with Crippen LogP contribution in [0.2, 0.25) is 0 Å². The van der Waals surface area contributed by atoms with E-state index < -0.39 is 18.4 Å². The number of carbonyl (C=O) groups is 1. The number of nitrogens with zero attached hydrogens (tertiary/aromatic N) is 5. The first kappa shape index (κ1) is 14.4. The van der Waals surface area contributed by atoms with E-state index in [9.17, 15) is 13.6 Å². The van der Waals surface area contributed by atoms with Crippen molar-refractivity contribution in [1.82, 2.24) is 20.0 Å². The van der Waals surface area contributed by atoms with Crippen LogP contribution in [-0.2, 0) is 11.8 Å². The molecule has 2 aromatic rings. The molecule has 1 N–H and O–H groups in total. The monoisotopic (exact) mass is 312 g/mol. The molecule has 8 nitrogen and oxygen atoms in total. The molecule has 1 unspecified atom stereocenters. The molecule has 1 fully saturated rings. The lowest BCUT2D eigenvalue weighted by Gasteiger charge is -2.31. The number of anilines is 2. The number of piperidine rings is 1. The summed E-state index contributed by atoms with van der Waals surface area (Å²) in [6.07, 6.45) is 0.0763. The summed E-state index contributed by atoms with van der Waals surface area (Å²) in [4.78, 5) is 14.1. The summed E-state index contributed by atoms with van der Waals surface area (Å²) in [6.45, 7) is 0.572. The molecule has 0 aliphatic carbocycles. The molecule has 1 amide bonds. The standard InChI is InChI=1S/C12H14F2N6O2/c1-19-8(4-5-15-19)20-6-2-3-7(11(20)21)16-12-18-17-10(22-12)9(13)14/h4-5,7,9H,2-3,6H2,1H3,(H,16,18). The third kappa shape index (κ3) is 2.63. The van der Waals surface area contributed by atoms with Gasteiger partial charge in [-0.25, -0.2) is 0 Å². The highest BCUT2D eigenvalue weighted by Crippen LogP contribution is 2.23. The fourth-order valence-electron chi connectivity index (χ4n) is 2.40. The van der Waals surface area contributed by atoms with Crippen LogP contribution in [0.4, 0.5) is 20.6 Å². The summed E-state index contributed by atoms with van der Waals surface area (Å²) < 4.78 is 31.2. The van der Waals surface area contributed by atoms with Gasteiger partial charge in [-0.2, -0.15) is 13.9 Å². The second-order valence-corrected chi connectivity index (χ2v) is 4.89. The van der Waals surface area contributed by atoms with E-state index in [2.05, 4.69) is 20.6 Å². The minimum atomic E-state index is -2.84. The Morgan fingerprint density at radius 2 is 2.27 bits per heavy atom. The Morgan fingerprint density at radius 3 is 2.91 bits per heavy atom. The van der Waals surface area contributed by atoms with Crippen molar-refractivity contribution in [2.75, 3.05) is 16.8 Å². The van der Waals surface area contributed by atoms with Crippen molar-refractivity contribution >= 4 is 17.7 Å². The van der Waals surface area contributed by atoms with Gasteiger partial charge in [0.2, 0.25) is 0 Å². The number of rotatable bonds is 4. The summed E-state index contributed by atoms with van der Waals surface area (Å²) in [5.41, 5.74) is 0. The van der Waals surface area contributed by atoms with E-state index in [0.717, 1.165) is 6.42 Å². The van der Waals surface area contributed by atoms with Crippen molar-refractivity contribution in [3.63, 3.8) is 0 Å². The lowest BCUT2D eigenvalue weighted by molar-refractivity contribution is -0.120. The molecule has 0 aromatic carbocycles. The van der Waals surface area contributed by atoms with E-state index in [1.54, 1.807) is 28.9 Å². The Bertz CT molecular complexity index is 670. The molecule has 1 atom stereocenters. The Kier molecular flexibility index (Phi) is 3.73. The minimum absolute atomic E-state index is 0.180. The third-order valence-corrected chi connectivity index (χ3v) is 3.44. The van der Waals surface area contributed by atoms with Crippen LogP contribution in [0.15, 0.2) is 16.7 Å². The van der Waals surface area contributed by atoms with Crippen molar-refractivity contribution in [3.05, 3.63) is 18.2 Å². The lowest BCUT2D eigenvalue weighted by Crippen LogP contribution is -2.48. The number of hydrogen-bond acceptors (Lipinski definition) is 6. The number of aromatic nitrogens is 4. The van der Waals surface area contributed by atoms with Gasteiger partial charge in [-0.1, -0.05) is 5.10 Å². The predicted molar refractivity (Wildman–Crippen MR) is 71.5 cm³/mol. The second kappa shape index (κ2) is 5.70. The summed E-state index contributed by atoms with van der Waals surface area (Å²) in [6, 6.07) is 0.956. The second-order valence-electron chi connectivity index (χ2n) is 4.89. The fourth-order valence-corrected chi connectivity index (χ4v) is 2.40. The van der Waals surface area contributed by atoms with Gasteiger partial charge >= 0.3 is 12.4 Å². The van der Waals surface area contributed by atoms with Gasteiger partial charge in [0.1, 0.15) is 11.9 Å². The molecule has 1 aliphatic heterocycles. The van der Waals surface area contributed by atoms with Gasteiger partial charge in [0.15, 0.2) is 0 Å². The number of carbonyl (C=O) groups excluding carboxylic acids is 1. The van der Waals surface area contributed by atoms with E-state index in [-0.39, 0.29) is 11.9 Å². The van der Waals surface area contributed by atoms with Crippen LogP contribution in [0.3, 0.4) is 0 Å². The van der Waals surface area contributed by atoms with E-state index in [1.165, 1.54) is 0 Å². The Hall–Kier alpha value is -2.52. The van der Waals surface area contributed by atoms with Crippen molar-refractivity contribution in [1.29, 1.82) is 0 Å². The maximum absolute atomic E-state index is 12.5. The van der Waals surface area contributed by atoms with Crippen LogP contribution >= 0.6 is 0 Å². The van der Waals surface area contributed by atoms with E-state index in [4.69, 9.17) is 4.42 Å². The molecule has 0 saturated carbocycles. The van der Waals surface area contributed by atoms with Crippen molar-refractivity contribution in [3.8, 4) is 0 Å². The van der Waals surface area contributed by atoms with E-state index in [0.29, 0.717) is 18.8 Å². The van der Waals surface area contributed by atoms with Gasteiger partial charge in [0.25, 0.3) is 11.8 Å². The first-order valence-electron chi connectivity index (χ1n) is 6.73. The van der Waals surface area contributed by atoms with Crippen molar-refractivity contribution < 1.29 is 18.0 Å². The first-order chi connectivity index (χ1) is 10.6.